The fraction of sp³-hybridized carbons (Fsp3) is 0.333. The summed E-state index contributed by atoms with van der Waals surface area (Å²) < 4.78 is 12.5. The van der Waals surface area contributed by atoms with Crippen molar-refractivity contribution in [1.29, 1.82) is 0 Å². The molecule has 0 saturated heterocycles. The highest BCUT2D eigenvalue weighted by atomic mass is 79.9. The maximum Gasteiger partial charge on any atom is 0.376 e. The van der Waals surface area contributed by atoms with Crippen LogP contribution in [0, 0.1) is 0 Å². The van der Waals surface area contributed by atoms with Gasteiger partial charge in [-0.2, -0.15) is 0 Å². The van der Waals surface area contributed by atoms with E-state index < -0.39 is 5.97 Å². The van der Waals surface area contributed by atoms with Crippen molar-refractivity contribution in [3.63, 3.8) is 0 Å². The second kappa shape index (κ2) is 6.75. The van der Waals surface area contributed by atoms with Crippen molar-refractivity contribution in [2.45, 2.75) is 26.7 Å². The molecular formula is C15H15Br2NO3. The first-order valence-electron chi connectivity index (χ1n) is 6.57. The van der Waals surface area contributed by atoms with Crippen LogP contribution in [0.25, 0.3) is 11.5 Å². The number of benzene rings is 1. The van der Waals surface area contributed by atoms with Crippen LogP contribution in [0.1, 0.15) is 42.9 Å². The molecule has 112 valence electrons. The summed E-state index contributed by atoms with van der Waals surface area (Å²) in [5, 5.41) is 0. The van der Waals surface area contributed by atoms with Gasteiger partial charge in [-0.25, -0.2) is 9.78 Å². The average Bonchev–Trinajstić information content (AvgIpc) is 2.84. The molecule has 0 N–H and O–H groups in total. The van der Waals surface area contributed by atoms with E-state index in [2.05, 4.69) is 36.8 Å². The maximum atomic E-state index is 12.0. The van der Waals surface area contributed by atoms with Crippen molar-refractivity contribution in [2.24, 2.45) is 0 Å². The van der Waals surface area contributed by atoms with Crippen LogP contribution in [-0.4, -0.2) is 17.6 Å². The van der Waals surface area contributed by atoms with Crippen LogP contribution in [0.3, 0.4) is 0 Å². The van der Waals surface area contributed by atoms with Crippen LogP contribution in [0.5, 0.6) is 0 Å². The third kappa shape index (κ3) is 3.55. The second-order valence-electron chi connectivity index (χ2n) is 4.73. The average molecular weight is 417 g/mol. The zero-order valence-corrected chi connectivity index (χ0v) is 15.1. The summed E-state index contributed by atoms with van der Waals surface area (Å²) in [7, 11) is 0. The number of carbonyl (C=O) groups is 1. The summed E-state index contributed by atoms with van der Waals surface area (Å²) in [6.45, 7) is 5.98. The number of ether oxygens (including phenoxy) is 1. The molecule has 0 aliphatic heterocycles. The quantitative estimate of drug-likeness (QED) is 0.645. The molecule has 4 nitrogen and oxygen atoms in total. The van der Waals surface area contributed by atoms with Gasteiger partial charge in [0.15, 0.2) is 0 Å². The van der Waals surface area contributed by atoms with Crippen molar-refractivity contribution < 1.29 is 13.9 Å². The third-order valence-corrected chi connectivity index (χ3v) is 3.97. The Balaban J connectivity index is 2.51. The van der Waals surface area contributed by atoms with Crippen LogP contribution in [0.2, 0.25) is 0 Å². The standard InChI is InChI=1S/C15H15Br2NO3/c1-4-20-15(19)13-12(8(2)3)18-14(21-13)10-6-5-9(16)7-11(10)17/h5-8H,4H2,1-3H3. The fourth-order valence-electron chi connectivity index (χ4n) is 1.84. The van der Waals surface area contributed by atoms with Crippen molar-refractivity contribution in [3.05, 3.63) is 38.6 Å². The topological polar surface area (TPSA) is 52.3 Å². The molecule has 0 fully saturated rings. The molecule has 0 spiro atoms. The molecule has 6 heteroatoms. The minimum absolute atomic E-state index is 0.0659. The Hall–Kier alpha value is -1.14. The van der Waals surface area contributed by atoms with E-state index in [1.807, 2.05) is 32.0 Å². The van der Waals surface area contributed by atoms with E-state index in [0.717, 1.165) is 14.5 Å². The lowest BCUT2D eigenvalue weighted by molar-refractivity contribution is 0.0488. The van der Waals surface area contributed by atoms with E-state index in [4.69, 9.17) is 9.15 Å². The predicted octanol–water partition coefficient (Wildman–Crippen LogP) is 5.17. The lowest BCUT2D eigenvalue weighted by Gasteiger charge is -2.02. The monoisotopic (exact) mass is 415 g/mol. The summed E-state index contributed by atoms with van der Waals surface area (Å²) >= 11 is 6.88. The van der Waals surface area contributed by atoms with Gasteiger partial charge in [-0.05, 0) is 47.0 Å². The van der Waals surface area contributed by atoms with Gasteiger partial charge in [0.05, 0.1) is 17.9 Å². The lowest BCUT2D eigenvalue weighted by atomic mass is 10.1. The van der Waals surface area contributed by atoms with E-state index in [9.17, 15) is 4.79 Å². The van der Waals surface area contributed by atoms with Gasteiger partial charge in [0.2, 0.25) is 11.7 Å². The first kappa shape index (κ1) is 16.2. The number of carbonyl (C=O) groups excluding carboxylic acids is 1. The van der Waals surface area contributed by atoms with Gasteiger partial charge in [-0.3, -0.25) is 0 Å². The second-order valence-corrected chi connectivity index (χ2v) is 6.50. The molecule has 1 aromatic carbocycles. The first-order chi connectivity index (χ1) is 9.93. The van der Waals surface area contributed by atoms with Gasteiger partial charge in [0, 0.05) is 8.95 Å². The molecule has 1 aromatic heterocycles. The SMILES string of the molecule is CCOC(=O)c1oc(-c2ccc(Br)cc2Br)nc1C(C)C. The molecule has 0 aliphatic carbocycles. The molecular weight excluding hydrogens is 402 g/mol. The van der Waals surface area contributed by atoms with Crippen LogP contribution >= 0.6 is 31.9 Å². The molecule has 2 rings (SSSR count). The van der Waals surface area contributed by atoms with Gasteiger partial charge in [0.25, 0.3) is 0 Å². The predicted molar refractivity (Wildman–Crippen MR) is 87.4 cm³/mol. The Morgan fingerprint density at radius 3 is 2.67 bits per heavy atom. The van der Waals surface area contributed by atoms with Crippen molar-refractivity contribution in [3.8, 4) is 11.5 Å². The molecule has 0 aliphatic rings. The maximum absolute atomic E-state index is 12.0. The Morgan fingerprint density at radius 1 is 1.38 bits per heavy atom. The van der Waals surface area contributed by atoms with Crippen LogP contribution in [0.15, 0.2) is 31.6 Å². The summed E-state index contributed by atoms with van der Waals surface area (Å²) in [4.78, 5) is 16.4. The van der Waals surface area contributed by atoms with E-state index in [1.54, 1.807) is 6.92 Å². The van der Waals surface area contributed by atoms with Gasteiger partial charge >= 0.3 is 5.97 Å². The zero-order valence-electron chi connectivity index (χ0n) is 11.9. The Kier molecular flexibility index (Phi) is 5.22. The van der Waals surface area contributed by atoms with Gasteiger partial charge in [-0.1, -0.05) is 29.8 Å². The molecule has 2 aromatic rings. The van der Waals surface area contributed by atoms with E-state index in [0.29, 0.717) is 18.2 Å². The van der Waals surface area contributed by atoms with Crippen LogP contribution in [0.4, 0.5) is 0 Å². The molecule has 0 bridgehead atoms. The number of aromatic nitrogens is 1. The van der Waals surface area contributed by atoms with Crippen molar-refractivity contribution in [1.82, 2.24) is 4.98 Å². The van der Waals surface area contributed by atoms with Crippen LogP contribution < -0.4 is 0 Å². The molecule has 0 unspecified atom stereocenters. The summed E-state index contributed by atoms with van der Waals surface area (Å²) in [5.41, 5.74) is 1.40. The Bertz CT molecular complexity index is 665. The number of halogens is 2. The molecule has 1 heterocycles. The molecule has 0 amide bonds. The van der Waals surface area contributed by atoms with E-state index in [1.165, 1.54) is 0 Å². The fourth-order valence-corrected chi connectivity index (χ4v) is 3.06. The van der Waals surface area contributed by atoms with E-state index in [-0.39, 0.29) is 11.7 Å². The third-order valence-electron chi connectivity index (χ3n) is 2.82. The summed E-state index contributed by atoms with van der Waals surface area (Å²) in [6.07, 6.45) is 0. The van der Waals surface area contributed by atoms with Gasteiger partial charge in [-0.15, -0.1) is 0 Å². The Labute approximate surface area is 140 Å². The van der Waals surface area contributed by atoms with E-state index >= 15 is 0 Å². The molecule has 0 saturated carbocycles. The smallest absolute Gasteiger partial charge is 0.376 e. The molecule has 0 atom stereocenters. The summed E-state index contributed by atoms with van der Waals surface area (Å²) in [6, 6.07) is 5.67. The number of hydrogen-bond donors (Lipinski definition) is 0. The number of esters is 1. The van der Waals surface area contributed by atoms with Gasteiger partial charge in [0.1, 0.15) is 0 Å². The van der Waals surface area contributed by atoms with Crippen molar-refractivity contribution in [2.75, 3.05) is 6.61 Å². The molecule has 21 heavy (non-hydrogen) atoms. The highest BCUT2D eigenvalue weighted by Crippen LogP contribution is 2.33. The zero-order chi connectivity index (χ0) is 15.6. The first-order valence-corrected chi connectivity index (χ1v) is 8.15. The normalized spacial score (nSPS) is 11.0. The number of rotatable bonds is 4. The largest absolute Gasteiger partial charge is 0.460 e. The summed E-state index contributed by atoms with van der Waals surface area (Å²) in [5.74, 6) is 0.169. The number of nitrogens with zero attached hydrogens (tertiary/aromatic N) is 1. The van der Waals surface area contributed by atoms with Crippen molar-refractivity contribution >= 4 is 37.8 Å². The van der Waals surface area contributed by atoms with Crippen LogP contribution in [-0.2, 0) is 4.74 Å². The van der Waals surface area contributed by atoms with Gasteiger partial charge < -0.3 is 9.15 Å². The highest BCUT2D eigenvalue weighted by molar-refractivity contribution is 9.11. The minimum Gasteiger partial charge on any atom is -0.460 e. The highest BCUT2D eigenvalue weighted by Gasteiger charge is 2.24. The lowest BCUT2D eigenvalue weighted by Crippen LogP contribution is -2.07. The Morgan fingerprint density at radius 2 is 2.10 bits per heavy atom. The molecule has 0 radical (unpaired) electrons. The minimum atomic E-state index is -0.479. The number of oxazole rings is 1. The number of hydrogen-bond acceptors (Lipinski definition) is 4.